The summed E-state index contributed by atoms with van der Waals surface area (Å²) in [6.07, 6.45) is 5.81. The molecular formula is C20H26FIN6. The fraction of sp³-hybridized carbons (Fsp3) is 0.450. The normalized spacial score (nSPS) is 18.4. The van der Waals surface area contributed by atoms with Crippen LogP contribution in [0.3, 0.4) is 0 Å². The maximum atomic E-state index is 13.2. The van der Waals surface area contributed by atoms with Crippen molar-refractivity contribution in [1.29, 1.82) is 0 Å². The summed E-state index contributed by atoms with van der Waals surface area (Å²) in [6, 6.07) is 8.75. The lowest BCUT2D eigenvalue weighted by Gasteiger charge is -2.36. The van der Waals surface area contributed by atoms with E-state index in [0.717, 1.165) is 57.5 Å². The fourth-order valence-electron chi connectivity index (χ4n) is 3.68. The number of hydrogen-bond donors (Lipinski definition) is 1. The smallest absolute Gasteiger partial charge is 0.225 e. The number of anilines is 1. The van der Waals surface area contributed by atoms with Crippen molar-refractivity contribution in [2.24, 2.45) is 4.99 Å². The summed E-state index contributed by atoms with van der Waals surface area (Å²) in [6.45, 7) is 4.32. The summed E-state index contributed by atoms with van der Waals surface area (Å²) < 4.78 is 13.2. The first-order valence-electron chi connectivity index (χ1n) is 9.44. The molecule has 1 aromatic carbocycles. The quantitative estimate of drug-likeness (QED) is 0.401. The van der Waals surface area contributed by atoms with E-state index < -0.39 is 0 Å². The summed E-state index contributed by atoms with van der Waals surface area (Å²) in [5.74, 6) is 1.53. The zero-order chi connectivity index (χ0) is 18.7. The first-order valence-corrected chi connectivity index (χ1v) is 9.44. The van der Waals surface area contributed by atoms with Gasteiger partial charge >= 0.3 is 0 Å². The average Bonchev–Trinajstić information content (AvgIpc) is 3.51. The molecule has 6 nitrogen and oxygen atoms in total. The Bertz CT molecular complexity index is 786. The number of aliphatic imine (C=N–C) groups is 1. The molecule has 150 valence electrons. The summed E-state index contributed by atoms with van der Waals surface area (Å²) in [4.78, 5) is 17.6. The van der Waals surface area contributed by atoms with Gasteiger partial charge in [0.2, 0.25) is 5.95 Å². The Hall–Kier alpha value is -1.97. The van der Waals surface area contributed by atoms with E-state index in [-0.39, 0.29) is 35.2 Å². The number of benzene rings is 1. The lowest BCUT2D eigenvalue weighted by molar-refractivity contribution is 0.368. The second-order valence-electron chi connectivity index (χ2n) is 7.21. The summed E-state index contributed by atoms with van der Waals surface area (Å²) in [5.41, 5.74) is 1.32. The van der Waals surface area contributed by atoms with Crippen LogP contribution < -0.4 is 10.2 Å². The molecule has 0 unspecified atom stereocenters. The van der Waals surface area contributed by atoms with Crippen molar-refractivity contribution in [2.75, 3.05) is 44.7 Å². The van der Waals surface area contributed by atoms with Crippen molar-refractivity contribution in [3.63, 3.8) is 0 Å². The lowest BCUT2D eigenvalue weighted by atomic mass is 9.96. The Labute approximate surface area is 182 Å². The van der Waals surface area contributed by atoms with Crippen LogP contribution >= 0.6 is 24.0 Å². The van der Waals surface area contributed by atoms with Gasteiger partial charge in [-0.05, 0) is 36.6 Å². The predicted octanol–water partition coefficient (Wildman–Crippen LogP) is 2.66. The van der Waals surface area contributed by atoms with Gasteiger partial charge in [0.15, 0.2) is 5.96 Å². The van der Waals surface area contributed by atoms with E-state index in [4.69, 9.17) is 0 Å². The molecule has 8 heteroatoms. The van der Waals surface area contributed by atoms with Crippen LogP contribution in [0.4, 0.5) is 10.3 Å². The van der Waals surface area contributed by atoms with Crippen molar-refractivity contribution in [3.8, 4) is 0 Å². The topological polar surface area (TPSA) is 56.7 Å². The van der Waals surface area contributed by atoms with Gasteiger partial charge in [0, 0.05) is 57.6 Å². The number of nitrogens with one attached hydrogen (secondary N) is 1. The Balaban J connectivity index is 0.00000225. The number of hydrogen-bond acceptors (Lipinski definition) is 4. The molecule has 1 saturated heterocycles. The highest BCUT2D eigenvalue weighted by Gasteiger charge is 2.44. The molecule has 1 aromatic heterocycles. The van der Waals surface area contributed by atoms with Crippen molar-refractivity contribution in [2.45, 2.75) is 18.3 Å². The minimum absolute atomic E-state index is 0. The zero-order valence-electron chi connectivity index (χ0n) is 16.0. The highest BCUT2D eigenvalue weighted by atomic mass is 127. The molecule has 4 rings (SSSR count). The molecule has 1 aliphatic heterocycles. The van der Waals surface area contributed by atoms with Gasteiger partial charge in [-0.2, -0.15) is 0 Å². The van der Waals surface area contributed by atoms with Crippen LogP contribution in [0, 0.1) is 5.82 Å². The number of guanidine groups is 1. The molecule has 0 bridgehead atoms. The van der Waals surface area contributed by atoms with Gasteiger partial charge < -0.3 is 15.1 Å². The van der Waals surface area contributed by atoms with Gasteiger partial charge in [-0.25, -0.2) is 14.4 Å². The van der Waals surface area contributed by atoms with Crippen LogP contribution in [0.1, 0.15) is 18.4 Å². The van der Waals surface area contributed by atoms with Gasteiger partial charge in [0.25, 0.3) is 0 Å². The van der Waals surface area contributed by atoms with Crippen molar-refractivity contribution in [1.82, 2.24) is 20.2 Å². The molecule has 1 N–H and O–H groups in total. The Kier molecular flexibility index (Phi) is 6.69. The van der Waals surface area contributed by atoms with Crippen LogP contribution in [-0.4, -0.2) is 60.6 Å². The molecule has 0 atom stereocenters. The Morgan fingerprint density at radius 3 is 2.32 bits per heavy atom. The van der Waals surface area contributed by atoms with E-state index >= 15 is 0 Å². The van der Waals surface area contributed by atoms with Crippen LogP contribution in [0.2, 0.25) is 0 Å². The minimum Gasteiger partial charge on any atom is -0.355 e. The van der Waals surface area contributed by atoms with Crippen LogP contribution in [0.15, 0.2) is 47.7 Å². The molecule has 0 spiro atoms. The van der Waals surface area contributed by atoms with E-state index in [2.05, 4.69) is 30.1 Å². The molecule has 2 fully saturated rings. The third-order valence-electron chi connectivity index (χ3n) is 5.52. The third kappa shape index (κ3) is 4.53. The lowest BCUT2D eigenvalue weighted by Crippen LogP contribution is -2.53. The first kappa shape index (κ1) is 20.8. The summed E-state index contributed by atoms with van der Waals surface area (Å²) in [5, 5.41) is 3.54. The fourth-order valence-corrected chi connectivity index (χ4v) is 3.68. The molecular weight excluding hydrogens is 470 g/mol. The average molecular weight is 496 g/mol. The molecule has 1 aliphatic carbocycles. The Morgan fingerprint density at radius 1 is 1.11 bits per heavy atom. The summed E-state index contributed by atoms with van der Waals surface area (Å²) in [7, 11) is 1.83. The largest absolute Gasteiger partial charge is 0.355 e. The van der Waals surface area contributed by atoms with E-state index in [9.17, 15) is 4.39 Å². The predicted molar refractivity (Wildman–Crippen MR) is 120 cm³/mol. The molecule has 2 heterocycles. The highest BCUT2D eigenvalue weighted by Crippen LogP contribution is 2.47. The number of halogens is 2. The first-order chi connectivity index (χ1) is 13.2. The standard InChI is InChI=1S/C20H25FN6.HI/c1-22-18(25-15-20(7-8-20)16-3-5-17(21)6-4-16)26-11-13-27(14-12-26)19-23-9-2-10-24-19;/h2-6,9-10H,7-8,11-15H2,1H3,(H,22,25);1H. The Morgan fingerprint density at radius 2 is 1.75 bits per heavy atom. The number of piperazine rings is 1. The van der Waals surface area contributed by atoms with Crippen molar-refractivity contribution in [3.05, 3.63) is 54.1 Å². The van der Waals surface area contributed by atoms with Gasteiger partial charge in [-0.15, -0.1) is 24.0 Å². The highest BCUT2D eigenvalue weighted by molar-refractivity contribution is 14.0. The number of aromatic nitrogens is 2. The van der Waals surface area contributed by atoms with E-state index in [1.165, 1.54) is 5.56 Å². The van der Waals surface area contributed by atoms with Crippen molar-refractivity contribution >= 4 is 35.9 Å². The van der Waals surface area contributed by atoms with Crippen LogP contribution in [-0.2, 0) is 5.41 Å². The second kappa shape index (κ2) is 9.02. The molecule has 2 aromatic rings. The van der Waals surface area contributed by atoms with E-state index in [1.807, 2.05) is 25.2 Å². The van der Waals surface area contributed by atoms with Gasteiger partial charge in [0.1, 0.15) is 5.82 Å². The molecule has 1 saturated carbocycles. The maximum Gasteiger partial charge on any atom is 0.225 e. The van der Waals surface area contributed by atoms with Crippen LogP contribution in [0.5, 0.6) is 0 Å². The monoisotopic (exact) mass is 496 g/mol. The van der Waals surface area contributed by atoms with Crippen LogP contribution in [0.25, 0.3) is 0 Å². The van der Waals surface area contributed by atoms with Gasteiger partial charge in [-0.3, -0.25) is 4.99 Å². The molecule has 0 radical (unpaired) electrons. The molecule has 28 heavy (non-hydrogen) atoms. The minimum atomic E-state index is -0.182. The maximum absolute atomic E-state index is 13.2. The van der Waals surface area contributed by atoms with E-state index in [1.54, 1.807) is 24.5 Å². The van der Waals surface area contributed by atoms with Crippen molar-refractivity contribution < 1.29 is 4.39 Å². The zero-order valence-corrected chi connectivity index (χ0v) is 18.3. The second-order valence-corrected chi connectivity index (χ2v) is 7.21. The van der Waals surface area contributed by atoms with E-state index in [0.29, 0.717) is 0 Å². The summed E-state index contributed by atoms with van der Waals surface area (Å²) >= 11 is 0. The molecule has 0 amide bonds. The number of nitrogens with zero attached hydrogens (tertiary/aromatic N) is 5. The van der Waals surface area contributed by atoms with Gasteiger partial charge in [-0.1, -0.05) is 12.1 Å². The van der Waals surface area contributed by atoms with Gasteiger partial charge in [0.05, 0.1) is 0 Å². The molecule has 2 aliphatic rings. The number of rotatable bonds is 4. The SMILES string of the molecule is CN=C(NCC1(c2ccc(F)cc2)CC1)N1CCN(c2ncccn2)CC1.I. The third-order valence-corrected chi connectivity index (χ3v) is 5.52.